The van der Waals surface area contributed by atoms with Crippen LogP contribution in [0.3, 0.4) is 0 Å². The first-order valence-corrected chi connectivity index (χ1v) is 6.18. The molecule has 4 nitrogen and oxygen atoms in total. The monoisotopic (exact) mass is 235 g/mol. The van der Waals surface area contributed by atoms with Gasteiger partial charge in [0.15, 0.2) is 5.82 Å². The molecule has 4 heteroatoms. The molecule has 0 aromatic carbocycles. The van der Waals surface area contributed by atoms with Crippen molar-refractivity contribution in [3.63, 3.8) is 0 Å². The maximum absolute atomic E-state index is 5.22. The third-order valence-corrected chi connectivity index (χ3v) is 3.52. The fourth-order valence-electron chi connectivity index (χ4n) is 2.55. The normalized spacial score (nSPS) is 23.9. The van der Waals surface area contributed by atoms with Gasteiger partial charge in [-0.2, -0.15) is 4.98 Å². The van der Waals surface area contributed by atoms with Crippen LogP contribution in [0.2, 0.25) is 0 Å². The summed E-state index contributed by atoms with van der Waals surface area (Å²) >= 11 is 0. The number of nitrogens with one attached hydrogen (secondary N) is 1. The highest BCUT2D eigenvalue weighted by molar-refractivity contribution is 5.67. The molecule has 2 atom stereocenters. The minimum absolute atomic E-state index is 0.539. The Balaban J connectivity index is 2.41. The summed E-state index contributed by atoms with van der Waals surface area (Å²) in [7, 11) is 3.58. The van der Waals surface area contributed by atoms with E-state index in [1.54, 1.807) is 7.11 Å². The lowest BCUT2D eigenvalue weighted by Gasteiger charge is -2.29. The minimum atomic E-state index is 0.539. The first kappa shape index (κ1) is 12.0. The molecule has 2 heterocycles. The average molecular weight is 235 g/mol. The van der Waals surface area contributed by atoms with Crippen molar-refractivity contribution in [1.29, 1.82) is 0 Å². The maximum atomic E-state index is 5.22. The van der Waals surface area contributed by atoms with E-state index in [0.717, 1.165) is 11.5 Å². The van der Waals surface area contributed by atoms with Crippen molar-refractivity contribution in [1.82, 2.24) is 4.98 Å². The van der Waals surface area contributed by atoms with Gasteiger partial charge in [0.05, 0.1) is 12.8 Å². The lowest BCUT2D eigenvalue weighted by atomic mass is 10.2. The van der Waals surface area contributed by atoms with Gasteiger partial charge < -0.3 is 15.0 Å². The molecule has 2 unspecified atom stereocenters. The lowest BCUT2D eigenvalue weighted by Crippen LogP contribution is -2.33. The average Bonchev–Trinajstić information content (AvgIpc) is 2.68. The summed E-state index contributed by atoms with van der Waals surface area (Å²) in [6.07, 6.45) is 2.45. The highest BCUT2D eigenvalue weighted by atomic mass is 16.5. The number of nitrogens with zero attached hydrogens (tertiary/aromatic N) is 2. The van der Waals surface area contributed by atoms with Crippen molar-refractivity contribution in [2.24, 2.45) is 0 Å². The van der Waals surface area contributed by atoms with Gasteiger partial charge in [0.2, 0.25) is 5.88 Å². The van der Waals surface area contributed by atoms with Crippen LogP contribution < -0.4 is 15.0 Å². The number of methoxy groups -OCH3 is 1. The van der Waals surface area contributed by atoms with Gasteiger partial charge in [0.1, 0.15) is 0 Å². The molecule has 1 aromatic heterocycles. The van der Waals surface area contributed by atoms with Crippen LogP contribution in [0.15, 0.2) is 12.1 Å². The summed E-state index contributed by atoms with van der Waals surface area (Å²) in [6.45, 7) is 4.51. The molecule has 0 aliphatic carbocycles. The van der Waals surface area contributed by atoms with Gasteiger partial charge in [-0.1, -0.05) is 0 Å². The fourth-order valence-corrected chi connectivity index (χ4v) is 2.55. The van der Waals surface area contributed by atoms with Gasteiger partial charge in [0.25, 0.3) is 0 Å². The Morgan fingerprint density at radius 1 is 1.29 bits per heavy atom. The van der Waals surface area contributed by atoms with E-state index in [1.165, 1.54) is 12.8 Å². The zero-order valence-corrected chi connectivity index (χ0v) is 11.0. The molecule has 0 bridgehead atoms. The second kappa shape index (κ2) is 4.82. The minimum Gasteiger partial charge on any atom is -0.481 e. The number of aromatic nitrogens is 1. The number of hydrogen-bond donors (Lipinski definition) is 1. The van der Waals surface area contributed by atoms with E-state index in [1.807, 2.05) is 19.2 Å². The van der Waals surface area contributed by atoms with Gasteiger partial charge in [-0.15, -0.1) is 0 Å². The second-order valence-corrected chi connectivity index (χ2v) is 4.66. The van der Waals surface area contributed by atoms with Crippen LogP contribution in [0.4, 0.5) is 11.5 Å². The Labute approximate surface area is 103 Å². The lowest BCUT2D eigenvalue weighted by molar-refractivity contribution is 0.397. The van der Waals surface area contributed by atoms with Crippen molar-refractivity contribution in [2.75, 3.05) is 24.4 Å². The Morgan fingerprint density at radius 3 is 2.47 bits per heavy atom. The second-order valence-electron chi connectivity index (χ2n) is 4.66. The van der Waals surface area contributed by atoms with Crippen LogP contribution in [-0.2, 0) is 0 Å². The predicted molar refractivity (Wildman–Crippen MR) is 71.0 cm³/mol. The smallest absolute Gasteiger partial charge is 0.215 e. The number of anilines is 2. The molecule has 0 amide bonds. The fraction of sp³-hybridized carbons (Fsp3) is 0.615. The summed E-state index contributed by atoms with van der Waals surface area (Å²) in [5.74, 6) is 1.68. The van der Waals surface area contributed by atoms with E-state index < -0.39 is 0 Å². The Kier molecular flexibility index (Phi) is 3.41. The van der Waals surface area contributed by atoms with Crippen molar-refractivity contribution in [2.45, 2.75) is 38.8 Å². The van der Waals surface area contributed by atoms with Crippen molar-refractivity contribution in [3.05, 3.63) is 12.1 Å². The van der Waals surface area contributed by atoms with Gasteiger partial charge in [-0.25, -0.2) is 0 Å². The summed E-state index contributed by atoms with van der Waals surface area (Å²) in [6, 6.07) is 4.99. The third-order valence-electron chi connectivity index (χ3n) is 3.52. The van der Waals surface area contributed by atoms with E-state index in [4.69, 9.17) is 4.74 Å². The SMILES string of the molecule is CNc1ccc(OC)nc1N1C(C)CCC1C. The zero-order valence-electron chi connectivity index (χ0n) is 11.0. The van der Waals surface area contributed by atoms with E-state index in [9.17, 15) is 0 Å². The van der Waals surface area contributed by atoms with Crippen molar-refractivity contribution >= 4 is 11.5 Å². The Bertz CT molecular complexity index is 384. The van der Waals surface area contributed by atoms with Crippen LogP contribution in [-0.4, -0.2) is 31.2 Å². The molecule has 1 aliphatic rings. The molecule has 1 aromatic rings. The Morgan fingerprint density at radius 2 is 1.94 bits per heavy atom. The predicted octanol–water partition coefficient (Wildman–Crippen LogP) is 2.51. The van der Waals surface area contributed by atoms with Crippen LogP contribution in [0.1, 0.15) is 26.7 Å². The third kappa shape index (κ3) is 2.16. The van der Waals surface area contributed by atoms with E-state index in [2.05, 4.69) is 29.0 Å². The van der Waals surface area contributed by atoms with Gasteiger partial charge in [-0.05, 0) is 32.8 Å². The molecular weight excluding hydrogens is 214 g/mol. The standard InChI is InChI=1S/C13H21N3O/c1-9-5-6-10(2)16(9)13-11(14-3)7-8-12(15-13)17-4/h7-10,14H,5-6H2,1-4H3. The molecule has 94 valence electrons. The zero-order chi connectivity index (χ0) is 12.4. The van der Waals surface area contributed by atoms with E-state index in [-0.39, 0.29) is 0 Å². The molecule has 17 heavy (non-hydrogen) atoms. The van der Waals surface area contributed by atoms with Crippen molar-refractivity contribution < 1.29 is 4.74 Å². The largest absolute Gasteiger partial charge is 0.481 e. The van der Waals surface area contributed by atoms with Gasteiger partial charge in [0, 0.05) is 25.2 Å². The van der Waals surface area contributed by atoms with Crippen molar-refractivity contribution in [3.8, 4) is 5.88 Å². The van der Waals surface area contributed by atoms with Crippen LogP contribution in [0, 0.1) is 0 Å². The summed E-state index contributed by atoms with van der Waals surface area (Å²) < 4.78 is 5.22. The molecule has 0 spiro atoms. The molecule has 0 radical (unpaired) electrons. The molecular formula is C13H21N3O. The molecule has 1 fully saturated rings. The number of ether oxygens (including phenoxy) is 1. The molecule has 2 rings (SSSR count). The van der Waals surface area contributed by atoms with Crippen LogP contribution in [0.5, 0.6) is 5.88 Å². The first-order valence-electron chi connectivity index (χ1n) is 6.18. The summed E-state index contributed by atoms with van der Waals surface area (Å²) in [5.41, 5.74) is 1.06. The number of rotatable bonds is 3. The van der Waals surface area contributed by atoms with Gasteiger partial charge in [-0.3, -0.25) is 0 Å². The van der Waals surface area contributed by atoms with Gasteiger partial charge >= 0.3 is 0 Å². The maximum Gasteiger partial charge on any atom is 0.215 e. The highest BCUT2D eigenvalue weighted by Crippen LogP contribution is 2.34. The molecule has 0 saturated carbocycles. The summed E-state index contributed by atoms with van der Waals surface area (Å²) in [4.78, 5) is 6.97. The quantitative estimate of drug-likeness (QED) is 0.873. The molecule has 1 saturated heterocycles. The van der Waals surface area contributed by atoms with Crippen LogP contribution in [0.25, 0.3) is 0 Å². The first-order chi connectivity index (χ1) is 8.17. The number of pyridine rings is 1. The molecule has 1 N–H and O–H groups in total. The highest BCUT2D eigenvalue weighted by Gasteiger charge is 2.30. The summed E-state index contributed by atoms with van der Waals surface area (Å²) in [5, 5.41) is 3.21. The number of hydrogen-bond acceptors (Lipinski definition) is 4. The molecule has 1 aliphatic heterocycles. The van der Waals surface area contributed by atoms with E-state index in [0.29, 0.717) is 18.0 Å². The topological polar surface area (TPSA) is 37.4 Å². The van der Waals surface area contributed by atoms with E-state index >= 15 is 0 Å². The van der Waals surface area contributed by atoms with Crippen LogP contribution >= 0.6 is 0 Å². The Hall–Kier alpha value is -1.45.